The number of benzene rings is 1. The average Bonchev–Trinajstić information content (AvgIpc) is 3.25. The number of rotatable bonds is 3. The first-order valence-corrected chi connectivity index (χ1v) is 11.8. The lowest BCUT2D eigenvalue weighted by Gasteiger charge is -2.36. The molecule has 32 heavy (non-hydrogen) atoms. The summed E-state index contributed by atoms with van der Waals surface area (Å²) in [6.45, 7) is 5.85. The SMILES string of the molecule is C[C@@H]1CCCN(c2nn3c(=O)c(C(=O)N4CCN(c5ccccc5F)CC4)cnc3s2)C1. The number of nitrogens with zero attached hydrogens (tertiary/aromatic N) is 6. The van der Waals surface area contributed by atoms with Crippen LogP contribution in [0.4, 0.5) is 15.2 Å². The first-order chi connectivity index (χ1) is 15.5. The van der Waals surface area contributed by atoms with E-state index in [0.29, 0.717) is 42.7 Å². The fourth-order valence-electron chi connectivity index (χ4n) is 4.44. The summed E-state index contributed by atoms with van der Waals surface area (Å²) in [4.78, 5) is 36.7. The Labute approximate surface area is 188 Å². The van der Waals surface area contributed by atoms with Crippen LogP contribution < -0.4 is 15.4 Å². The van der Waals surface area contributed by atoms with Crippen LogP contribution in [0.1, 0.15) is 30.1 Å². The minimum absolute atomic E-state index is 0.0192. The van der Waals surface area contributed by atoms with Crippen molar-refractivity contribution in [3.05, 3.63) is 52.2 Å². The second kappa shape index (κ2) is 8.50. The fourth-order valence-corrected chi connectivity index (χ4v) is 5.34. The molecule has 0 saturated carbocycles. The van der Waals surface area contributed by atoms with Crippen LogP contribution in [0.25, 0.3) is 4.96 Å². The number of hydrogen-bond acceptors (Lipinski definition) is 7. The highest BCUT2D eigenvalue weighted by molar-refractivity contribution is 7.20. The molecule has 2 aliphatic heterocycles. The van der Waals surface area contributed by atoms with Crippen molar-refractivity contribution in [3.8, 4) is 0 Å². The van der Waals surface area contributed by atoms with Gasteiger partial charge in [-0.15, -0.1) is 5.10 Å². The molecular weight excluding hydrogens is 431 g/mol. The number of amides is 1. The van der Waals surface area contributed by atoms with Crippen LogP contribution in [-0.2, 0) is 0 Å². The first kappa shape index (κ1) is 20.9. The largest absolute Gasteiger partial charge is 0.366 e. The van der Waals surface area contributed by atoms with Gasteiger partial charge in [-0.2, -0.15) is 4.52 Å². The van der Waals surface area contributed by atoms with E-state index >= 15 is 0 Å². The third-order valence-corrected chi connectivity index (χ3v) is 7.18. The van der Waals surface area contributed by atoms with E-state index in [2.05, 4.69) is 21.9 Å². The Morgan fingerprint density at radius 2 is 1.91 bits per heavy atom. The predicted octanol–water partition coefficient (Wildman–Crippen LogP) is 2.49. The molecule has 4 heterocycles. The molecular formula is C22H25FN6O2S. The van der Waals surface area contributed by atoms with Crippen LogP contribution in [0.3, 0.4) is 0 Å². The minimum atomic E-state index is -0.441. The van der Waals surface area contributed by atoms with Crippen molar-refractivity contribution < 1.29 is 9.18 Å². The summed E-state index contributed by atoms with van der Waals surface area (Å²) in [5.41, 5.74) is 0.111. The number of hydrogen-bond donors (Lipinski definition) is 0. The van der Waals surface area contributed by atoms with Gasteiger partial charge in [-0.3, -0.25) is 9.59 Å². The molecule has 0 bridgehead atoms. The number of piperidine rings is 1. The van der Waals surface area contributed by atoms with Crippen molar-refractivity contribution in [3.63, 3.8) is 0 Å². The van der Waals surface area contributed by atoms with Crippen LogP contribution in [-0.4, -0.2) is 64.7 Å². The third-order valence-electron chi connectivity index (χ3n) is 6.19. The number of aromatic nitrogens is 3. The summed E-state index contributed by atoms with van der Waals surface area (Å²) in [6, 6.07) is 6.62. The van der Waals surface area contributed by atoms with Crippen molar-refractivity contribution in [2.75, 3.05) is 49.1 Å². The van der Waals surface area contributed by atoms with Gasteiger partial charge in [-0.1, -0.05) is 30.4 Å². The Hall–Kier alpha value is -3.01. The molecule has 0 aliphatic carbocycles. The topological polar surface area (TPSA) is 74.1 Å². The van der Waals surface area contributed by atoms with Gasteiger partial charge in [0, 0.05) is 45.5 Å². The minimum Gasteiger partial charge on any atom is -0.366 e. The molecule has 0 N–H and O–H groups in total. The van der Waals surface area contributed by atoms with Gasteiger partial charge in [0.2, 0.25) is 10.1 Å². The molecule has 3 aromatic rings. The molecule has 8 nitrogen and oxygen atoms in total. The van der Waals surface area contributed by atoms with E-state index in [1.807, 2.05) is 4.90 Å². The Kier molecular flexibility index (Phi) is 5.54. The van der Waals surface area contributed by atoms with Crippen molar-refractivity contribution in [2.24, 2.45) is 5.92 Å². The molecule has 1 aromatic carbocycles. The normalized spacial score (nSPS) is 19.6. The van der Waals surface area contributed by atoms with Gasteiger partial charge >= 0.3 is 0 Å². The highest BCUT2D eigenvalue weighted by Crippen LogP contribution is 2.26. The molecule has 2 aromatic heterocycles. The molecule has 2 aliphatic rings. The standard InChI is InChI=1S/C22H25FN6O2S/c1-15-5-4-8-28(14-15)22-25-29-20(31)16(13-24-21(29)32-22)19(30)27-11-9-26(10-12-27)18-7-3-2-6-17(18)23/h2-3,6-7,13,15H,4-5,8-12,14H2,1H3/t15-/m1/s1. The van der Waals surface area contributed by atoms with E-state index < -0.39 is 5.56 Å². The van der Waals surface area contributed by atoms with Crippen molar-refractivity contribution in [1.29, 1.82) is 0 Å². The van der Waals surface area contributed by atoms with Crippen LogP contribution in [0.15, 0.2) is 35.3 Å². The van der Waals surface area contributed by atoms with E-state index in [1.54, 1.807) is 23.1 Å². The van der Waals surface area contributed by atoms with Crippen LogP contribution in [0.5, 0.6) is 0 Å². The predicted molar refractivity (Wildman–Crippen MR) is 122 cm³/mol. The van der Waals surface area contributed by atoms with Crippen LogP contribution in [0.2, 0.25) is 0 Å². The molecule has 1 atom stereocenters. The summed E-state index contributed by atoms with van der Waals surface area (Å²) in [5, 5.41) is 5.25. The summed E-state index contributed by atoms with van der Waals surface area (Å²) in [7, 11) is 0. The number of fused-ring (bicyclic) bond motifs is 1. The quantitative estimate of drug-likeness (QED) is 0.603. The van der Waals surface area contributed by atoms with Crippen LogP contribution in [0, 0.1) is 11.7 Å². The van der Waals surface area contributed by atoms with E-state index in [1.165, 1.54) is 34.5 Å². The Morgan fingerprint density at radius 3 is 2.66 bits per heavy atom. The lowest BCUT2D eigenvalue weighted by atomic mass is 10.0. The van der Waals surface area contributed by atoms with E-state index in [4.69, 9.17) is 0 Å². The van der Waals surface area contributed by atoms with Gasteiger partial charge in [0.25, 0.3) is 11.5 Å². The number of anilines is 2. The fraction of sp³-hybridized carbons (Fsp3) is 0.455. The highest BCUT2D eigenvalue weighted by atomic mass is 32.1. The second-order valence-corrected chi connectivity index (χ2v) is 9.41. The zero-order valence-corrected chi connectivity index (χ0v) is 18.7. The van der Waals surface area contributed by atoms with E-state index in [-0.39, 0.29) is 17.3 Å². The maximum Gasteiger partial charge on any atom is 0.288 e. The Bertz CT molecular complexity index is 1200. The van der Waals surface area contributed by atoms with Gasteiger partial charge in [0.1, 0.15) is 11.4 Å². The zero-order chi connectivity index (χ0) is 22.2. The summed E-state index contributed by atoms with van der Waals surface area (Å²) in [6.07, 6.45) is 3.66. The molecule has 0 spiro atoms. The average molecular weight is 457 g/mol. The number of carbonyl (C=O) groups excluding carboxylic acids is 1. The molecule has 2 fully saturated rings. The second-order valence-electron chi connectivity index (χ2n) is 8.48. The van der Waals surface area contributed by atoms with Gasteiger partial charge in [0.15, 0.2) is 0 Å². The van der Waals surface area contributed by atoms with Crippen LogP contribution >= 0.6 is 11.3 Å². The van der Waals surface area contributed by atoms with E-state index in [9.17, 15) is 14.0 Å². The van der Waals surface area contributed by atoms with Crippen molar-refractivity contribution in [1.82, 2.24) is 19.5 Å². The smallest absolute Gasteiger partial charge is 0.288 e. The Morgan fingerprint density at radius 1 is 1.12 bits per heavy atom. The number of para-hydroxylation sites is 1. The first-order valence-electron chi connectivity index (χ1n) is 10.9. The van der Waals surface area contributed by atoms with Gasteiger partial charge in [-0.25, -0.2) is 9.37 Å². The van der Waals surface area contributed by atoms with Gasteiger partial charge in [0.05, 0.1) is 5.69 Å². The maximum absolute atomic E-state index is 14.1. The van der Waals surface area contributed by atoms with E-state index in [0.717, 1.165) is 24.6 Å². The molecule has 5 rings (SSSR count). The van der Waals surface area contributed by atoms with Gasteiger partial charge < -0.3 is 14.7 Å². The molecule has 1 amide bonds. The maximum atomic E-state index is 14.1. The molecule has 0 radical (unpaired) electrons. The lowest BCUT2D eigenvalue weighted by Crippen LogP contribution is -2.50. The highest BCUT2D eigenvalue weighted by Gasteiger charge is 2.27. The van der Waals surface area contributed by atoms with Crippen molar-refractivity contribution in [2.45, 2.75) is 19.8 Å². The number of carbonyl (C=O) groups is 1. The monoisotopic (exact) mass is 456 g/mol. The summed E-state index contributed by atoms with van der Waals surface area (Å²) < 4.78 is 15.3. The molecule has 2 saturated heterocycles. The Balaban J connectivity index is 1.33. The van der Waals surface area contributed by atoms with Gasteiger partial charge in [-0.05, 0) is 30.9 Å². The number of halogens is 1. The lowest BCUT2D eigenvalue weighted by molar-refractivity contribution is 0.0744. The third kappa shape index (κ3) is 3.83. The molecule has 0 unspecified atom stereocenters. The zero-order valence-electron chi connectivity index (χ0n) is 17.9. The summed E-state index contributed by atoms with van der Waals surface area (Å²) in [5.74, 6) is -0.0468. The molecule has 10 heteroatoms. The number of piperazine rings is 1. The molecule has 168 valence electrons. The van der Waals surface area contributed by atoms with Crippen molar-refractivity contribution >= 4 is 33.0 Å². The summed E-state index contributed by atoms with van der Waals surface area (Å²) >= 11 is 1.37.